The Morgan fingerprint density at radius 2 is 1.67 bits per heavy atom. The van der Waals surface area contributed by atoms with Crippen molar-refractivity contribution in [1.29, 1.82) is 0 Å². The first-order chi connectivity index (χ1) is 8.63. The molecule has 3 rings (SSSR count). The van der Waals surface area contributed by atoms with Crippen LogP contribution < -0.4 is 16.4 Å². The van der Waals surface area contributed by atoms with Gasteiger partial charge in [0.25, 0.3) is 0 Å². The van der Waals surface area contributed by atoms with Crippen LogP contribution in [0.15, 0.2) is 46.4 Å². The summed E-state index contributed by atoms with van der Waals surface area (Å²) in [6, 6.07) is 10.0. The molecule has 0 saturated carbocycles. The molecule has 0 amide bonds. The highest BCUT2D eigenvalue weighted by Crippen LogP contribution is 2.20. The van der Waals surface area contributed by atoms with E-state index in [-0.39, 0.29) is 12.0 Å². The smallest absolute Gasteiger partial charge is 0.166 e. The second-order valence-electron chi connectivity index (χ2n) is 4.38. The molecule has 18 heavy (non-hydrogen) atoms. The van der Waals surface area contributed by atoms with E-state index in [0.717, 1.165) is 21.8 Å². The van der Waals surface area contributed by atoms with E-state index in [2.05, 4.69) is 9.98 Å². The maximum Gasteiger partial charge on any atom is 0.166 e. The third-order valence-corrected chi connectivity index (χ3v) is 3.05. The maximum absolute atomic E-state index is 12.9. The van der Waals surface area contributed by atoms with E-state index in [0.29, 0.717) is 5.69 Å². The Kier molecular flexibility index (Phi) is 2.37. The molecule has 0 spiro atoms. The SMILES string of the molecule is Cc1cc2c(cc1N)=N[C@@H](c1ccc(F)cc1)N=2. The van der Waals surface area contributed by atoms with Gasteiger partial charge < -0.3 is 5.73 Å². The van der Waals surface area contributed by atoms with Gasteiger partial charge in [-0.15, -0.1) is 0 Å². The molecule has 0 aromatic heterocycles. The topological polar surface area (TPSA) is 50.7 Å². The highest BCUT2D eigenvalue weighted by molar-refractivity contribution is 5.45. The molecule has 0 radical (unpaired) electrons. The predicted octanol–water partition coefficient (Wildman–Crippen LogP) is 1.67. The number of fused-ring (bicyclic) bond motifs is 1. The molecule has 1 aliphatic rings. The molecule has 2 aromatic rings. The normalized spacial score (nSPS) is 16.9. The molecule has 3 nitrogen and oxygen atoms in total. The Labute approximate surface area is 104 Å². The van der Waals surface area contributed by atoms with Crippen molar-refractivity contribution < 1.29 is 4.39 Å². The Morgan fingerprint density at radius 3 is 2.33 bits per heavy atom. The van der Waals surface area contributed by atoms with Gasteiger partial charge in [-0.3, -0.25) is 9.98 Å². The van der Waals surface area contributed by atoms with Gasteiger partial charge in [0.15, 0.2) is 6.17 Å². The molecule has 0 aliphatic carbocycles. The molecule has 0 saturated heterocycles. The zero-order valence-electron chi connectivity index (χ0n) is 9.89. The summed E-state index contributed by atoms with van der Waals surface area (Å²) >= 11 is 0. The number of hydrogen-bond donors (Lipinski definition) is 1. The van der Waals surface area contributed by atoms with Crippen molar-refractivity contribution in [3.63, 3.8) is 0 Å². The minimum absolute atomic E-state index is 0.255. The number of halogens is 1. The van der Waals surface area contributed by atoms with Crippen molar-refractivity contribution >= 4 is 5.69 Å². The molecule has 4 heteroatoms. The van der Waals surface area contributed by atoms with Crippen molar-refractivity contribution in [2.24, 2.45) is 9.98 Å². The summed E-state index contributed by atoms with van der Waals surface area (Å²) in [5, 5.41) is 1.64. The number of hydrogen-bond acceptors (Lipinski definition) is 3. The van der Waals surface area contributed by atoms with Crippen molar-refractivity contribution in [3.05, 3.63) is 64.1 Å². The van der Waals surface area contributed by atoms with E-state index >= 15 is 0 Å². The summed E-state index contributed by atoms with van der Waals surface area (Å²) in [5.41, 5.74) is 8.43. The van der Waals surface area contributed by atoms with Gasteiger partial charge in [-0.25, -0.2) is 4.39 Å². The minimum Gasteiger partial charge on any atom is -0.398 e. The third kappa shape index (κ3) is 1.76. The van der Waals surface area contributed by atoms with Gasteiger partial charge in [0.05, 0.1) is 10.7 Å². The highest BCUT2D eigenvalue weighted by Gasteiger charge is 2.13. The Balaban J connectivity index is 2.09. The number of aryl methyl sites for hydroxylation is 1. The van der Waals surface area contributed by atoms with Gasteiger partial charge in [0.2, 0.25) is 0 Å². The van der Waals surface area contributed by atoms with Gasteiger partial charge in [0, 0.05) is 5.69 Å². The zero-order valence-corrected chi connectivity index (χ0v) is 9.89. The lowest BCUT2D eigenvalue weighted by Crippen LogP contribution is -2.22. The van der Waals surface area contributed by atoms with Crippen LogP contribution in [0.25, 0.3) is 0 Å². The largest absolute Gasteiger partial charge is 0.398 e. The van der Waals surface area contributed by atoms with Crippen molar-refractivity contribution in [2.75, 3.05) is 5.73 Å². The van der Waals surface area contributed by atoms with Crippen molar-refractivity contribution in [3.8, 4) is 0 Å². The fourth-order valence-electron chi connectivity index (χ4n) is 1.98. The van der Waals surface area contributed by atoms with Gasteiger partial charge in [-0.05, 0) is 42.3 Å². The zero-order chi connectivity index (χ0) is 12.7. The quantitative estimate of drug-likeness (QED) is 0.758. The lowest BCUT2D eigenvalue weighted by atomic mass is 10.2. The molecule has 1 aliphatic heterocycles. The molecule has 0 fully saturated rings. The summed E-state index contributed by atoms with van der Waals surface area (Å²) in [4.78, 5) is 8.99. The van der Waals surface area contributed by atoms with Gasteiger partial charge in [-0.2, -0.15) is 0 Å². The average molecular weight is 241 g/mol. The number of nitrogens with two attached hydrogens (primary N) is 1. The van der Waals surface area contributed by atoms with Crippen LogP contribution >= 0.6 is 0 Å². The monoisotopic (exact) mass is 241 g/mol. The van der Waals surface area contributed by atoms with E-state index in [1.54, 1.807) is 12.1 Å². The molecule has 1 heterocycles. The summed E-state index contributed by atoms with van der Waals surface area (Å²) in [6.45, 7) is 1.94. The van der Waals surface area contributed by atoms with Crippen LogP contribution in [0.3, 0.4) is 0 Å². The van der Waals surface area contributed by atoms with Crippen molar-refractivity contribution in [2.45, 2.75) is 13.1 Å². The first-order valence-corrected chi connectivity index (χ1v) is 5.71. The molecular weight excluding hydrogens is 229 g/mol. The van der Waals surface area contributed by atoms with Crippen molar-refractivity contribution in [1.82, 2.24) is 0 Å². The number of rotatable bonds is 1. The highest BCUT2D eigenvalue weighted by atomic mass is 19.1. The number of anilines is 1. The van der Waals surface area contributed by atoms with Gasteiger partial charge in [-0.1, -0.05) is 12.1 Å². The first kappa shape index (κ1) is 10.9. The fourth-order valence-corrected chi connectivity index (χ4v) is 1.98. The van der Waals surface area contributed by atoms with Crippen LogP contribution in [0.1, 0.15) is 17.3 Å². The van der Waals surface area contributed by atoms with Crippen LogP contribution in [0.4, 0.5) is 10.1 Å². The maximum atomic E-state index is 12.9. The first-order valence-electron chi connectivity index (χ1n) is 5.71. The lowest BCUT2D eigenvalue weighted by Gasteiger charge is -2.03. The molecule has 1 atom stereocenters. The number of nitrogen functional groups attached to an aromatic ring is 1. The van der Waals surface area contributed by atoms with E-state index in [4.69, 9.17) is 5.73 Å². The van der Waals surface area contributed by atoms with E-state index in [9.17, 15) is 4.39 Å². The van der Waals surface area contributed by atoms with Crippen LogP contribution in [0.2, 0.25) is 0 Å². The Morgan fingerprint density at radius 1 is 1.06 bits per heavy atom. The summed E-state index contributed by atoms with van der Waals surface area (Å²) in [5.74, 6) is -0.255. The van der Waals surface area contributed by atoms with E-state index in [1.165, 1.54) is 12.1 Å². The molecule has 2 N–H and O–H groups in total. The molecular formula is C14H12FN3. The Hall–Kier alpha value is -2.23. The number of benzene rings is 2. The predicted molar refractivity (Wildman–Crippen MR) is 67.0 cm³/mol. The average Bonchev–Trinajstić information content (AvgIpc) is 2.73. The summed E-state index contributed by atoms with van der Waals surface area (Å²) in [7, 11) is 0. The minimum atomic E-state index is -0.290. The summed E-state index contributed by atoms with van der Waals surface area (Å²) in [6.07, 6.45) is -0.290. The number of nitrogens with zero attached hydrogens (tertiary/aromatic N) is 2. The van der Waals surface area contributed by atoms with Gasteiger partial charge >= 0.3 is 0 Å². The van der Waals surface area contributed by atoms with Gasteiger partial charge in [0.1, 0.15) is 5.82 Å². The summed E-state index contributed by atoms with van der Waals surface area (Å²) < 4.78 is 12.9. The molecule has 90 valence electrons. The standard InChI is InChI=1S/C14H12FN3/c1-8-6-12-13(7-11(8)16)18-14(17-12)9-2-4-10(15)5-3-9/h2-7,14H,16H2,1H3/t14-/m0/s1. The molecule has 0 unspecified atom stereocenters. The second kappa shape index (κ2) is 3.91. The second-order valence-corrected chi connectivity index (χ2v) is 4.38. The lowest BCUT2D eigenvalue weighted by molar-refractivity contribution is 0.625. The van der Waals surface area contributed by atoms with E-state index in [1.807, 2.05) is 19.1 Å². The molecule has 0 bridgehead atoms. The van der Waals surface area contributed by atoms with Crippen LogP contribution in [0, 0.1) is 12.7 Å². The van der Waals surface area contributed by atoms with Crippen LogP contribution in [0.5, 0.6) is 0 Å². The van der Waals surface area contributed by atoms with E-state index < -0.39 is 0 Å². The molecule has 2 aromatic carbocycles. The fraction of sp³-hybridized carbons (Fsp3) is 0.143. The Bertz CT molecular complexity index is 679. The van der Waals surface area contributed by atoms with Crippen LogP contribution in [-0.4, -0.2) is 0 Å². The van der Waals surface area contributed by atoms with Crippen LogP contribution in [-0.2, 0) is 0 Å². The third-order valence-electron chi connectivity index (χ3n) is 3.05.